The van der Waals surface area contributed by atoms with E-state index in [2.05, 4.69) is 25.2 Å². The molecule has 2 aliphatic rings. The lowest BCUT2D eigenvalue weighted by Gasteiger charge is -2.47. The number of nitrogens with zero attached hydrogens (tertiary/aromatic N) is 5. The number of nitrogens with one attached hydrogen (secondary N) is 2. The van der Waals surface area contributed by atoms with Crippen molar-refractivity contribution in [1.29, 1.82) is 0 Å². The first-order valence-electron chi connectivity index (χ1n) is 14.6. The zero-order valence-electron chi connectivity index (χ0n) is 26.0. The Labute approximate surface area is 258 Å². The average Bonchev–Trinajstić information content (AvgIpc) is 2.93. The third-order valence-electron chi connectivity index (χ3n) is 8.04. The van der Waals surface area contributed by atoms with E-state index in [-0.39, 0.29) is 17.3 Å². The van der Waals surface area contributed by atoms with Crippen LogP contribution in [0.15, 0.2) is 41.6 Å². The Balaban J connectivity index is 1.52. The summed E-state index contributed by atoms with van der Waals surface area (Å²) in [4.78, 5) is 42.1. The highest BCUT2D eigenvalue weighted by atomic mass is 19.4. The molecule has 2 aromatic heterocycles. The van der Waals surface area contributed by atoms with Crippen LogP contribution in [0.5, 0.6) is 0 Å². The van der Waals surface area contributed by atoms with Crippen molar-refractivity contribution in [2.45, 2.75) is 58.0 Å². The molecule has 4 heterocycles. The molecular formula is C31H37F4N7O3. The summed E-state index contributed by atoms with van der Waals surface area (Å²) in [6.07, 6.45) is -1.27. The molecule has 0 unspecified atom stereocenters. The van der Waals surface area contributed by atoms with Gasteiger partial charge in [-0.15, -0.1) is 0 Å². The van der Waals surface area contributed by atoms with E-state index in [0.717, 1.165) is 6.20 Å². The summed E-state index contributed by atoms with van der Waals surface area (Å²) in [7, 11) is 1.96. The van der Waals surface area contributed by atoms with Crippen molar-refractivity contribution in [3.8, 4) is 11.1 Å². The number of pyridine rings is 1. The van der Waals surface area contributed by atoms with Gasteiger partial charge in [-0.05, 0) is 53.8 Å². The highest BCUT2D eigenvalue weighted by molar-refractivity contribution is 6.07. The Hall–Kier alpha value is -4.04. The molecule has 0 saturated carbocycles. The lowest BCUT2D eigenvalue weighted by atomic mass is 9.99. The number of morpholine rings is 1. The van der Waals surface area contributed by atoms with E-state index in [4.69, 9.17) is 4.74 Å². The quantitative estimate of drug-likeness (QED) is 0.388. The van der Waals surface area contributed by atoms with Crippen molar-refractivity contribution in [3.63, 3.8) is 0 Å². The fourth-order valence-electron chi connectivity index (χ4n) is 6.05. The minimum atomic E-state index is -4.95. The van der Waals surface area contributed by atoms with E-state index >= 15 is 4.39 Å². The number of ether oxygens (including phenoxy) is 1. The van der Waals surface area contributed by atoms with E-state index in [1.54, 1.807) is 0 Å². The number of hydrogen-bond acceptors (Lipinski definition) is 8. The van der Waals surface area contributed by atoms with Crippen LogP contribution < -0.4 is 20.7 Å². The van der Waals surface area contributed by atoms with Crippen LogP contribution in [0, 0.1) is 5.82 Å². The van der Waals surface area contributed by atoms with E-state index in [9.17, 15) is 22.8 Å². The predicted octanol–water partition coefficient (Wildman–Crippen LogP) is 4.78. The van der Waals surface area contributed by atoms with Crippen molar-refractivity contribution in [2.75, 3.05) is 54.9 Å². The normalized spacial score (nSPS) is 20.3. The fourth-order valence-corrected chi connectivity index (χ4v) is 6.05. The van der Waals surface area contributed by atoms with Crippen LogP contribution >= 0.6 is 0 Å². The second-order valence-electron chi connectivity index (χ2n) is 13.0. The third kappa shape index (κ3) is 7.12. The SMILES string of the molecule is C[C@@H]1CN(c2cc(F)c(-c3cnc(N4CC(C)(C)OC(C)(C)C4)nc3)cc2NC(=O)c2c[nH]c(=O)cc2C(F)(F)F)CCN1C. The number of hydrogen-bond donors (Lipinski definition) is 2. The van der Waals surface area contributed by atoms with E-state index in [1.807, 2.05) is 51.5 Å². The van der Waals surface area contributed by atoms with Gasteiger partial charge in [0.2, 0.25) is 11.5 Å². The Bertz CT molecular complexity index is 1620. The molecule has 14 heteroatoms. The van der Waals surface area contributed by atoms with Crippen molar-refractivity contribution >= 4 is 23.2 Å². The molecular weight excluding hydrogens is 594 g/mol. The van der Waals surface area contributed by atoms with Gasteiger partial charge >= 0.3 is 6.18 Å². The van der Waals surface area contributed by atoms with Crippen LogP contribution in [-0.2, 0) is 10.9 Å². The van der Waals surface area contributed by atoms with Crippen molar-refractivity contribution in [3.05, 3.63) is 64.1 Å². The molecule has 242 valence electrons. The number of carbonyl (C=O) groups excluding carboxylic acids is 1. The summed E-state index contributed by atoms with van der Waals surface area (Å²) in [5.74, 6) is -1.28. The molecule has 0 aliphatic carbocycles. The topological polar surface area (TPSA) is 107 Å². The smallest absolute Gasteiger partial charge is 0.367 e. The minimum Gasteiger partial charge on any atom is -0.367 e. The maximum atomic E-state index is 15.8. The lowest BCUT2D eigenvalue weighted by Crippen LogP contribution is -2.57. The summed E-state index contributed by atoms with van der Waals surface area (Å²) in [5, 5.41) is 2.55. The molecule has 0 spiro atoms. The number of H-pyrrole nitrogens is 1. The highest BCUT2D eigenvalue weighted by Gasteiger charge is 2.39. The zero-order chi connectivity index (χ0) is 32.9. The molecule has 5 rings (SSSR count). The monoisotopic (exact) mass is 631 g/mol. The summed E-state index contributed by atoms with van der Waals surface area (Å²) in [6.45, 7) is 12.7. The zero-order valence-corrected chi connectivity index (χ0v) is 26.0. The van der Waals surface area contributed by atoms with Gasteiger partial charge in [-0.2, -0.15) is 13.2 Å². The summed E-state index contributed by atoms with van der Waals surface area (Å²) < 4.78 is 63.2. The number of benzene rings is 1. The van der Waals surface area contributed by atoms with Gasteiger partial charge in [0, 0.05) is 74.5 Å². The number of alkyl halides is 3. The summed E-state index contributed by atoms with van der Waals surface area (Å²) in [6, 6.07) is 3.08. The van der Waals surface area contributed by atoms with E-state index in [1.165, 1.54) is 24.5 Å². The number of piperazine rings is 1. The molecule has 1 atom stereocenters. The number of likely N-dealkylation sites (N-methyl/N-ethyl adjacent to an activating group) is 1. The van der Waals surface area contributed by atoms with Crippen LogP contribution in [0.4, 0.5) is 34.9 Å². The predicted molar refractivity (Wildman–Crippen MR) is 163 cm³/mol. The molecule has 2 fully saturated rings. The number of anilines is 3. The Morgan fingerprint density at radius 3 is 2.29 bits per heavy atom. The number of rotatable bonds is 5. The first kappa shape index (κ1) is 32.4. The van der Waals surface area contributed by atoms with Gasteiger partial charge in [0.15, 0.2) is 0 Å². The molecule has 3 aromatic rings. The summed E-state index contributed by atoms with van der Waals surface area (Å²) >= 11 is 0. The largest absolute Gasteiger partial charge is 0.417 e. The number of aromatic amines is 1. The maximum absolute atomic E-state index is 15.8. The second-order valence-corrected chi connectivity index (χ2v) is 13.0. The van der Waals surface area contributed by atoms with Crippen molar-refractivity contribution in [2.24, 2.45) is 0 Å². The number of carbonyl (C=O) groups is 1. The maximum Gasteiger partial charge on any atom is 0.417 e. The Morgan fingerprint density at radius 2 is 1.69 bits per heavy atom. The molecule has 1 aromatic carbocycles. The summed E-state index contributed by atoms with van der Waals surface area (Å²) in [5.41, 5.74) is -3.24. The van der Waals surface area contributed by atoms with Gasteiger partial charge in [0.25, 0.3) is 5.91 Å². The van der Waals surface area contributed by atoms with Crippen molar-refractivity contribution < 1.29 is 27.1 Å². The standard InChI is InChI=1S/C31H37F4N7O3/c1-18-15-41(8-7-40(18)6)25-11-23(32)20(9-24(25)39-27(44)21-14-36-26(43)10-22(21)31(33,34)35)19-12-37-28(38-13-19)42-16-29(2,3)45-30(4,5)17-42/h9-14,18H,7-8,15-17H2,1-6H3,(H,36,43)(H,39,44)/t18-/m1/s1. The van der Waals surface area contributed by atoms with Gasteiger partial charge < -0.3 is 29.7 Å². The molecule has 1 amide bonds. The molecule has 2 N–H and O–H groups in total. The van der Waals surface area contributed by atoms with E-state index < -0.39 is 45.8 Å². The van der Waals surface area contributed by atoms with Gasteiger partial charge in [-0.3, -0.25) is 9.59 Å². The van der Waals surface area contributed by atoms with E-state index in [0.29, 0.717) is 56.0 Å². The molecule has 0 bridgehead atoms. The van der Waals surface area contributed by atoms with Crippen LogP contribution in [0.1, 0.15) is 50.5 Å². The molecule has 2 aliphatic heterocycles. The van der Waals surface area contributed by atoms with Crippen LogP contribution in [0.3, 0.4) is 0 Å². The number of halogens is 4. The fraction of sp³-hybridized carbons (Fsp3) is 0.484. The van der Waals surface area contributed by atoms with Gasteiger partial charge in [0.1, 0.15) is 5.82 Å². The number of aromatic nitrogens is 3. The first-order chi connectivity index (χ1) is 20.9. The number of amides is 1. The molecule has 2 saturated heterocycles. The van der Waals surface area contributed by atoms with Gasteiger partial charge in [0.05, 0.1) is 33.7 Å². The van der Waals surface area contributed by atoms with Crippen molar-refractivity contribution in [1.82, 2.24) is 19.9 Å². The molecule has 0 radical (unpaired) electrons. The lowest BCUT2D eigenvalue weighted by molar-refractivity contribution is -0.138. The minimum absolute atomic E-state index is 0.0583. The average molecular weight is 632 g/mol. The highest BCUT2D eigenvalue weighted by Crippen LogP contribution is 2.37. The Morgan fingerprint density at radius 1 is 1.04 bits per heavy atom. The van der Waals surface area contributed by atoms with Gasteiger partial charge in [-0.1, -0.05) is 0 Å². The first-order valence-corrected chi connectivity index (χ1v) is 14.6. The molecule has 45 heavy (non-hydrogen) atoms. The van der Waals surface area contributed by atoms with Crippen LogP contribution in [0.25, 0.3) is 11.1 Å². The Kier molecular flexibility index (Phi) is 8.42. The third-order valence-corrected chi connectivity index (χ3v) is 8.04. The van der Waals surface area contributed by atoms with Crippen LogP contribution in [-0.4, -0.2) is 82.8 Å². The molecule has 10 nitrogen and oxygen atoms in total. The second kappa shape index (κ2) is 11.7. The van der Waals surface area contributed by atoms with Crippen LogP contribution in [0.2, 0.25) is 0 Å². The van der Waals surface area contributed by atoms with Gasteiger partial charge in [-0.25, -0.2) is 14.4 Å².